The predicted octanol–water partition coefficient (Wildman–Crippen LogP) is 11.4. The fourth-order valence-corrected chi connectivity index (χ4v) is 4.91. The lowest BCUT2D eigenvalue weighted by molar-refractivity contribution is -0.142. The normalized spacial score (nSPS) is 12.5. The molecule has 0 fully saturated rings. The van der Waals surface area contributed by atoms with E-state index in [0.717, 1.165) is 25.7 Å². The zero-order chi connectivity index (χ0) is 25.0. The van der Waals surface area contributed by atoms with E-state index in [1.165, 1.54) is 141 Å². The predicted molar refractivity (Wildman–Crippen MR) is 152 cm³/mol. The van der Waals surface area contributed by atoms with E-state index in [0.29, 0.717) is 0 Å². The van der Waals surface area contributed by atoms with Crippen LogP contribution in [0.4, 0.5) is 0 Å². The van der Waals surface area contributed by atoms with Gasteiger partial charge in [0.25, 0.3) is 0 Å². The van der Waals surface area contributed by atoms with E-state index in [1.54, 1.807) is 0 Å². The van der Waals surface area contributed by atoms with Crippen molar-refractivity contribution in [3.8, 4) is 0 Å². The Morgan fingerprint density at radius 1 is 0.500 bits per heavy atom. The lowest BCUT2D eigenvalue weighted by Crippen LogP contribution is -2.13. The van der Waals surface area contributed by atoms with Gasteiger partial charge in [0.05, 0.1) is 5.92 Å². The van der Waals surface area contributed by atoms with E-state index in [9.17, 15) is 9.90 Å². The smallest absolute Gasteiger partial charge is 0.306 e. The number of unbranched alkanes of at least 4 members (excludes halogenated alkanes) is 21. The number of carboxylic acids is 1. The average Bonchev–Trinajstić information content (AvgIpc) is 2.83. The van der Waals surface area contributed by atoms with E-state index in [-0.39, 0.29) is 5.92 Å². The zero-order valence-electron chi connectivity index (χ0n) is 23.5. The highest BCUT2D eigenvalue weighted by Crippen LogP contribution is 2.20. The quantitative estimate of drug-likeness (QED) is 0.0896. The standard InChI is InChI=1S/C32H62O2/c1-3-5-7-9-11-13-15-17-18-20-22-24-26-28-30-31(32(33)34)29-27-25-23-21-19-16-14-12-10-8-6-4-2/h14,16,31H,3-13,15,17-30H2,1-2H3,(H,33,34). The third-order valence-corrected chi connectivity index (χ3v) is 7.32. The van der Waals surface area contributed by atoms with Gasteiger partial charge < -0.3 is 5.11 Å². The second-order valence-electron chi connectivity index (χ2n) is 10.7. The summed E-state index contributed by atoms with van der Waals surface area (Å²) in [6.45, 7) is 4.54. The lowest BCUT2D eigenvalue weighted by Gasteiger charge is -2.12. The van der Waals surface area contributed by atoms with Crippen LogP contribution in [0.15, 0.2) is 12.2 Å². The van der Waals surface area contributed by atoms with Gasteiger partial charge in [-0.25, -0.2) is 0 Å². The van der Waals surface area contributed by atoms with Gasteiger partial charge in [0, 0.05) is 0 Å². The number of aliphatic carboxylic acids is 1. The van der Waals surface area contributed by atoms with Gasteiger partial charge in [-0.3, -0.25) is 4.79 Å². The van der Waals surface area contributed by atoms with Gasteiger partial charge in [-0.1, -0.05) is 154 Å². The highest BCUT2D eigenvalue weighted by molar-refractivity contribution is 5.69. The second kappa shape index (κ2) is 28.4. The molecule has 0 bridgehead atoms. The minimum atomic E-state index is -0.569. The Morgan fingerprint density at radius 2 is 0.794 bits per heavy atom. The Bertz CT molecular complexity index is 429. The lowest BCUT2D eigenvalue weighted by atomic mass is 9.94. The molecule has 0 aromatic heterocycles. The number of carbonyl (C=O) groups is 1. The molecule has 1 N–H and O–H groups in total. The van der Waals surface area contributed by atoms with Gasteiger partial charge in [-0.15, -0.1) is 0 Å². The Morgan fingerprint density at radius 3 is 1.15 bits per heavy atom. The van der Waals surface area contributed by atoms with Crippen molar-refractivity contribution in [3.05, 3.63) is 12.2 Å². The third kappa shape index (κ3) is 25.8. The van der Waals surface area contributed by atoms with Gasteiger partial charge in [-0.05, 0) is 38.5 Å². The van der Waals surface area contributed by atoms with Crippen LogP contribution in [0.3, 0.4) is 0 Å². The van der Waals surface area contributed by atoms with Crippen molar-refractivity contribution in [1.82, 2.24) is 0 Å². The van der Waals surface area contributed by atoms with Crippen molar-refractivity contribution in [3.63, 3.8) is 0 Å². The summed E-state index contributed by atoms with van der Waals surface area (Å²) in [5, 5.41) is 9.55. The molecule has 0 rings (SSSR count). The summed E-state index contributed by atoms with van der Waals surface area (Å²) in [6, 6.07) is 0. The fourth-order valence-electron chi connectivity index (χ4n) is 4.91. The molecule has 34 heavy (non-hydrogen) atoms. The summed E-state index contributed by atoms with van der Waals surface area (Å²) >= 11 is 0. The summed E-state index contributed by atoms with van der Waals surface area (Å²) in [4.78, 5) is 11.6. The first-order valence-corrected chi connectivity index (χ1v) is 15.6. The van der Waals surface area contributed by atoms with Gasteiger partial charge in [-0.2, -0.15) is 0 Å². The number of hydrogen-bond donors (Lipinski definition) is 1. The van der Waals surface area contributed by atoms with Crippen molar-refractivity contribution in [1.29, 1.82) is 0 Å². The van der Waals surface area contributed by atoms with Crippen molar-refractivity contribution in [2.45, 2.75) is 181 Å². The molecule has 0 saturated heterocycles. The molecule has 1 unspecified atom stereocenters. The van der Waals surface area contributed by atoms with Crippen LogP contribution in [-0.2, 0) is 4.79 Å². The summed E-state index contributed by atoms with van der Waals surface area (Å²) in [7, 11) is 0. The zero-order valence-corrected chi connectivity index (χ0v) is 23.5. The molecule has 2 heteroatoms. The van der Waals surface area contributed by atoms with Crippen LogP contribution in [-0.4, -0.2) is 11.1 Å². The maximum absolute atomic E-state index is 11.6. The topological polar surface area (TPSA) is 37.3 Å². The van der Waals surface area contributed by atoms with Crippen LogP contribution >= 0.6 is 0 Å². The fraction of sp³-hybridized carbons (Fsp3) is 0.906. The Labute approximate surface area is 214 Å². The summed E-state index contributed by atoms with van der Waals surface area (Å²) in [5.41, 5.74) is 0. The van der Waals surface area contributed by atoms with Crippen molar-refractivity contribution < 1.29 is 9.90 Å². The first-order chi connectivity index (χ1) is 16.7. The van der Waals surface area contributed by atoms with Gasteiger partial charge in [0.2, 0.25) is 0 Å². The molecule has 0 aromatic carbocycles. The molecule has 0 aliphatic carbocycles. The van der Waals surface area contributed by atoms with Crippen molar-refractivity contribution in [2.24, 2.45) is 5.92 Å². The molecular weight excluding hydrogens is 416 g/mol. The van der Waals surface area contributed by atoms with Crippen molar-refractivity contribution in [2.75, 3.05) is 0 Å². The molecule has 0 aliphatic heterocycles. The van der Waals surface area contributed by atoms with Crippen LogP contribution in [0.5, 0.6) is 0 Å². The van der Waals surface area contributed by atoms with E-state index >= 15 is 0 Å². The van der Waals surface area contributed by atoms with Gasteiger partial charge in [0.15, 0.2) is 0 Å². The Kier molecular flexibility index (Phi) is 27.8. The molecule has 0 heterocycles. The molecular formula is C32H62O2. The van der Waals surface area contributed by atoms with Crippen LogP contribution in [0.25, 0.3) is 0 Å². The summed E-state index contributed by atoms with van der Waals surface area (Å²) in [6.07, 6.45) is 38.0. The Hall–Kier alpha value is -0.790. The van der Waals surface area contributed by atoms with Gasteiger partial charge in [0.1, 0.15) is 0 Å². The number of hydrogen-bond acceptors (Lipinski definition) is 1. The van der Waals surface area contributed by atoms with Crippen LogP contribution < -0.4 is 0 Å². The molecule has 0 spiro atoms. The molecule has 0 aliphatic rings. The first-order valence-electron chi connectivity index (χ1n) is 15.6. The van der Waals surface area contributed by atoms with E-state index in [1.807, 2.05) is 0 Å². The monoisotopic (exact) mass is 478 g/mol. The molecule has 0 amide bonds. The number of rotatable bonds is 28. The van der Waals surface area contributed by atoms with E-state index in [4.69, 9.17) is 0 Å². The first kappa shape index (κ1) is 33.2. The number of allylic oxidation sites excluding steroid dienone is 2. The summed E-state index contributed by atoms with van der Waals surface area (Å²) < 4.78 is 0. The average molecular weight is 479 g/mol. The molecule has 202 valence electrons. The van der Waals surface area contributed by atoms with Crippen LogP contribution in [0.2, 0.25) is 0 Å². The Balaban J connectivity index is 3.46. The third-order valence-electron chi connectivity index (χ3n) is 7.32. The minimum Gasteiger partial charge on any atom is -0.481 e. The van der Waals surface area contributed by atoms with E-state index < -0.39 is 5.97 Å². The van der Waals surface area contributed by atoms with Gasteiger partial charge >= 0.3 is 5.97 Å². The highest BCUT2D eigenvalue weighted by atomic mass is 16.4. The number of carboxylic acid groups (broad SMARTS) is 1. The van der Waals surface area contributed by atoms with Crippen LogP contribution in [0, 0.1) is 5.92 Å². The highest BCUT2D eigenvalue weighted by Gasteiger charge is 2.16. The molecule has 2 nitrogen and oxygen atoms in total. The molecule has 0 saturated carbocycles. The second-order valence-corrected chi connectivity index (χ2v) is 10.7. The van der Waals surface area contributed by atoms with Crippen molar-refractivity contribution >= 4 is 5.97 Å². The minimum absolute atomic E-state index is 0.111. The summed E-state index contributed by atoms with van der Waals surface area (Å²) in [5.74, 6) is -0.680. The van der Waals surface area contributed by atoms with E-state index in [2.05, 4.69) is 26.0 Å². The van der Waals surface area contributed by atoms with Crippen LogP contribution in [0.1, 0.15) is 181 Å². The molecule has 0 radical (unpaired) electrons. The largest absolute Gasteiger partial charge is 0.481 e. The molecule has 0 aromatic rings. The maximum Gasteiger partial charge on any atom is 0.306 e. The maximum atomic E-state index is 11.6. The SMILES string of the molecule is CCCCCCC=CCCCCCCC(CCCCCCCCCCCCCCCC)C(=O)O. The molecule has 1 atom stereocenters.